The van der Waals surface area contributed by atoms with Crippen molar-refractivity contribution in [2.24, 2.45) is 23.7 Å². The van der Waals surface area contributed by atoms with Gasteiger partial charge in [-0.3, -0.25) is 0 Å². The van der Waals surface area contributed by atoms with Gasteiger partial charge in [-0.15, -0.1) is 0 Å². The minimum absolute atomic E-state index is 0.159. The Hall–Kier alpha value is -6.18. The Morgan fingerprint density at radius 3 is 1.67 bits per heavy atom. The van der Waals surface area contributed by atoms with Crippen LogP contribution in [0.15, 0.2) is 146 Å². The van der Waals surface area contributed by atoms with Crippen LogP contribution in [0, 0.1) is 35.0 Å². The predicted octanol–water partition coefficient (Wildman–Crippen LogP) is 11.8. The smallest absolute Gasteiger partial charge is 0.164 e. The van der Waals surface area contributed by atoms with Gasteiger partial charge in [0.1, 0.15) is 0 Å². The Morgan fingerprint density at radius 2 is 0.981 bits per heavy atom. The summed E-state index contributed by atoms with van der Waals surface area (Å²) in [6.07, 6.45) is 6.39. The molecular formula is C50H38N4. The molecule has 0 N–H and O–H groups in total. The second-order valence-electron chi connectivity index (χ2n) is 15.9. The normalized spacial score (nSPS) is 22.9. The molecule has 6 aromatic carbocycles. The van der Waals surface area contributed by atoms with E-state index in [4.69, 9.17) is 15.0 Å². The van der Waals surface area contributed by atoms with Crippen molar-refractivity contribution in [1.82, 2.24) is 15.0 Å². The second-order valence-corrected chi connectivity index (χ2v) is 15.9. The average molecular weight is 695 g/mol. The number of hydrogen-bond donors (Lipinski definition) is 0. The second kappa shape index (κ2) is 12.2. The van der Waals surface area contributed by atoms with Crippen LogP contribution in [0.25, 0.3) is 67.5 Å². The zero-order valence-corrected chi connectivity index (χ0v) is 30.0. The molecule has 54 heavy (non-hydrogen) atoms. The van der Waals surface area contributed by atoms with Crippen molar-refractivity contribution < 1.29 is 0 Å². The molecular weight excluding hydrogens is 657 g/mol. The summed E-state index contributed by atoms with van der Waals surface area (Å²) in [6, 6.07) is 53.8. The summed E-state index contributed by atoms with van der Waals surface area (Å²) >= 11 is 0. The lowest BCUT2D eigenvalue weighted by Crippen LogP contribution is -2.55. The number of rotatable bonds is 5. The Morgan fingerprint density at radius 1 is 0.444 bits per heavy atom. The summed E-state index contributed by atoms with van der Waals surface area (Å²) in [5.74, 6) is 4.73. The first-order valence-electron chi connectivity index (χ1n) is 19.4. The number of nitrogens with zero attached hydrogens (tertiary/aromatic N) is 4. The van der Waals surface area contributed by atoms with Gasteiger partial charge in [0.05, 0.1) is 11.6 Å². The van der Waals surface area contributed by atoms with Crippen LogP contribution in [0.3, 0.4) is 0 Å². The van der Waals surface area contributed by atoms with Gasteiger partial charge in [-0.1, -0.05) is 133 Å². The van der Waals surface area contributed by atoms with Crippen molar-refractivity contribution in [2.75, 3.05) is 0 Å². The molecule has 4 fully saturated rings. The molecule has 0 aliphatic heterocycles. The highest BCUT2D eigenvalue weighted by Crippen LogP contribution is 2.70. The summed E-state index contributed by atoms with van der Waals surface area (Å²) in [4.78, 5) is 16.1. The van der Waals surface area contributed by atoms with E-state index in [2.05, 4.69) is 140 Å². The van der Waals surface area contributed by atoms with E-state index in [0.717, 1.165) is 50.8 Å². The lowest BCUT2D eigenvalue weighted by molar-refractivity contribution is -0.0397. The minimum atomic E-state index is -0.159. The topological polar surface area (TPSA) is 62.5 Å². The summed E-state index contributed by atoms with van der Waals surface area (Å²) in [5, 5.41) is 10.1. The molecule has 0 radical (unpaired) electrons. The first-order valence-corrected chi connectivity index (χ1v) is 19.4. The molecule has 4 saturated carbocycles. The lowest BCUT2D eigenvalue weighted by atomic mass is 9.43. The van der Waals surface area contributed by atoms with Crippen LogP contribution < -0.4 is 0 Å². The number of fused-ring (bicyclic) bond motifs is 3. The van der Waals surface area contributed by atoms with Crippen molar-refractivity contribution in [3.63, 3.8) is 0 Å². The van der Waals surface area contributed by atoms with Gasteiger partial charge in [-0.25, -0.2) is 15.0 Å². The van der Waals surface area contributed by atoms with Crippen molar-refractivity contribution >= 4 is 0 Å². The van der Waals surface area contributed by atoms with Crippen LogP contribution in [0.4, 0.5) is 0 Å². The highest BCUT2D eigenvalue weighted by atomic mass is 15.0. The van der Waals surface area contributed by atoms with Crippen molar-refractivity contribution in [3.05, 3.63) is 162 Å². The number of benzene rings is 6. The zero-order valence-electron chi connectivity index (χ0n) is 30.0. The maximum atomic E-state index is 10.1. The summed E-state index contributed by atoms with van der Waals surface area (Å²) < 4.78 is 0. The Labute approximate surface area is 316 Å². The highest BCUT2D eigenvalue weighted by Gasteiger charge is 2.62. The third-order valence-electron chi connectivity index (χ3n) is 13.2. The van der Waals surface area contributed by atoms with Gasteiger partial charge < -0.3 is 0 Å². The first kappa shape index (κ1) is 31.4. The van der Waals surface area contributed by atoms with E-state index in [1.807, 2.05) is 12.1 Å². The molecule has 0 saturated heterocycles. The summed E-state index contributed by atoms with van der Waals surface area (Å²) in [6.45, 7) is 0. The summed E-state index contributed by atoms with van der Waals surface area (Å²) in [5.41, 5.74) is 13.5. The van der Waals surface area contributed by atoms with Gasteiger partial charge >= 0.3 is 0 Å². The van der Waals surface area contributed by atoms with E-state index in [1.165, 1.54) is 59.9 Å². The average Bonchev–Trinajstić information content (AvgIpc) is 3.53. The molecule has 1 spiro atoms. The van der Waals surface area contributed by atoms with Crippen molar-refractivity contribution in [3.8, 4) is 73.6 Å². The van der Waals surface area contributed by atoms with Gasteiger partial charge in [-0.05, 0) is 112 Å². The summed E-state index contributed by atoms with van der Waals surface area (Å²) in [7, 11) is 0. The molecule has 258 valence electrons. The van der Waals surface area contributed by atoms with Crippen LogP contribution in [-0.4, -0.2) is 15.0 Å². The molecule has 4 bridgehead atoms. The molecule has 0 unspecified atom stereocenters. The fraction of sp³-hybridized carbons (Fsp3) is 0.200. The fourth-order valence-corrected chi connectivity index (χ4v) is 11.2. The largest absolute Gasteiger partial charge is 0.208 e. The number of hydrogen-bond acceptors (Lipinski definition) is 4. The molecule has 0 atom stereocenters. The third-order valence-corrected chi connectivity index (χ3v) is 13.2. The van der Waals surface area contributed by atoms with E-state index >= 15 is 0 Å². The minimum Gasteiger partial charge on any atom is -0.208 e. The standard InChI is InChI=1S/C50H38N4/c51-30-31-18-23-41-42-16-9-17-44(46(42)50(45(41)29-31)38-25-32-24-33(27-38)28-39(50)26-32)49-53-47(37-21-19-35(20-22-37)34-10-3-1-4-11-34)52-48(54-49)43-15-8-7-14-40(43)36-12-5-2-6-13-36/h1-23,29,32-33,38-39H,24-28H2. The molecule has 5 aliphatic carbocycles. The number of aromatic nitrogens is 3. The monoisotopic (exact) mass is 694 g/mol. The van der Waals surface area contributed by atoms with Gasteiger partial charge in [0.2, 0.25) is 0 Å². The SMILES string of the molecule is N#Cc1ccc2c(c1)C1(c3c(-c4nc(-c5ccc(-c6ccccc6)cc5)nc(-c5ccccc5-c5ccccc5)n4)cccc3-2)C2CC3CC(C2)CC1C3. The van der Waals surface area contributed by atoms with Crippen molar-refractivity contribution in [1.29, 1.82) is 5.26 Å². The van der Waals surface area contributed by atoms with E-state index in [1.54, 1.807) is 0 Å². The van der Waals surface area contributed by atoms with Gasteiger partial charge in [0, 0.05) is 22.1 Å². The molecule has 4 heteroatoms. The lowest BCUT2D eigenvalue weighted by Gasteiger charge is -2.61. The predicted molar refractivity (Wildman–Crippen MR) is 215 cm³/mol. The molecule has 5 aliphatic rings. The van der Waals surface area contributed by atoms with Crippen LogP contribution in [0.5, 0.6) is 0 Å². The third kappa shape index (κ3) is 4.71. The highest BCUT2D eigenvalue weighted by molar-refractivity contribution is 5.89. The van der Waals surface area contributed by atoms with Crippen LogP contribution >= 0.6 is 0 Å². The Bertz CT molecular complexity index is 2590. The maximum absolute atomic E-state index is 10.1. The Balaban J connectivity index is 1.15. The molecule has 0 amide bonds. The van der Waals surface area contributed by atoms with Crippen molar-refractivity contribution in [2.45, 2.75) is 37.5 Å². The van der Waals surface area contributed by atoms with E-state index < -0.39 is 0 Å². The van der Waals surface area contributed by atoms with Crippen LogP contribution in [0.1, 0.15) is 48.8 Å². The molecule has 1 aromatic heterocycles. The first-order chi connectivity index (χ1) is 26.7. The fourth-order valence-electron chi connectivity index (χ4n) is 11.2. The molecule has 4 nitrogen and oxygen atoms in total. The maximum Gasteiger partial charge on any atom is 0.164 e. The molecule has 7 aromatic rings. The van der Waals surface area contributed by atoms with Crippen LogP contribution in [0.2, 0.25) is 0 Å². The van der Waals surface area contributed by atoms with E-state index in [-0.39, 0.29) is 5.41 Å². The number of nitriles is 1. The van der Waals surface area contributed by atoms with E-state index in [0.29, 0.717) is 29.3 Å². The Kier molecular flexibility index (Phi) is 7.07. The molecule has 1 heterocycles. The van der Waals surface area contributed by atoms with Gasteiger partial charge in [0.15, 0.2) is 17.5 Å². The van der Waals surface area contributed by atoms with Crippen LogP contribution in [-0.2, 0) is 5.41 Å². The van der Waals surface area contributed by atoms with Gasteiger partial charge in [0.25, 0.3) is 0 Å². The van der Waals surface area contributed by atoms with E-state index in [9.17, 15) is 5.26 Å². The molecule has 12 rings (SSSR count). The van der Waals surface area contributed by atoms with Gasteiger partial charge in [-0.2, -0.15) is 5.26 Å². The zero-order chi connectivity index (χ0) is 35.8. The quantitative estimate of drug-likeness (QED) is 0.180.